The van der Waals surface area contributed by atoms with Crippen molar-refractivity contribution in [3.05, 3.63) is 46.6 Å². The number of likely N-dealkylation sites (N-methyl/N-ethyl adjacent to an activating group) is 1. The first kappa shape index (κ1) is 27.5. The van der Waals surface area contributed by atoms with Gasteiger partial charge in [-0.2, -0.15) is 0 Å². The number of aromatic nitrogens is 2. The summed E-state index contributed by atoms with van der Waals surface area (Å²) < 4.78 is 1.17. The van der Waals surface area contributed by atoms with Crippen molar-refractivity contribution in [2.24, 2.45) is 11.3 Å². The topological polar surface area (TPSA) is 104 Å². The maximum absolute atomic E-state index is 13.5. The summed E-state index contributed by atoms with van der Waals surface area (Å²) in [6.07, 6.45) is 5.13. The van der Waals surface area contributed by atoms with E-state index in [9.17, 15) is 9.59 Å². The Hall–Kier alpha value is -3.04. The summed E-state index contributed by atoms with van der Waals surface area (Å²) in [5.74, 6) is 0.0142. The molecule has 2 aromatic heterocycles. The highest BCUT2D eigenvalue weighted by Crippen LogP contribution is 2.41. The average Bonchev–Trinajstić information content (AvgIpc) is 3.32. The second kappa shape index (κ2) is 10.8. The van der Waals surface area contributed by atoms with E-state index in [0.29, 0.717) is 36.3 Å². The Kier molecular flexibility index (Phi) is 7.66. The van der Waals surface area contributed by atoms with Gasteiger partial charge in [-0.1, -0.05) is 33.8 Å². The molecule has 39 heavy (non-hydrogen) atoms. The molecule has 1 aromatic carbocycles. The molecule has 0 spiro atoms. The van der Waals surface area contributed by atoms with Crippen LogP contribution < -0.4 is 11.1 Å². The molecule has 0 bridgehead atoms. The van der Waals surface area contributed by atoms with Crippen molar-refractivity contribution in [1.82, 2.24) is 19.8 Å². The van der Waals surface area contributed by atoms with Gasteiger partial charge in [0.05, 0.1) is 33.2 Å². The number of pyridine rings is 1. The monoisotopic (exact) mass is 548 g/mol. The SMILES string of the molecule is CCc1cc(NC(=O)C(=O)N2C[C@@H](C)CC[C@@H]2c2ccc3sc(C4CN(C)CC(C)(C)C4)nc3c2)cnc1N. The van der Waals surface area contributed by atoms with Gasteiger partial charge in [-0.15, -0.1) is 11.3 Å². The molecule has 3 aromatic rings. The quantitative estimate of drug-likeness (QED) is 0.433. The number of aryl methyl sites for hydroxylation is 1. The molecule has 0 saturated carbocycles. The molecule has 2 amide bonds. The highest BCUT2D eigenvalue weighted by molar-refractivity contribution is 7.18. The van der Waals surface area contributed by atoms with E-state index in [-0.39, 0.29) is 11.5 Å². The molecule has 2 aliphatic heterocycles. The van der Waals surface area contributed by atoms with Crippen LogP contribution in [0.5, 0.6) is 0 Å². The lowest BCUT2D eigenvalue weighted by Crippen LogP contribution is -2.46. The van der Waals surface area contributed by atoms with Crippen LogP contribution in [0, 0.1) is 11.3 Å². The van der Waals surface area contributed by atoms with Gasteiger partial charge in [0, 0.05) is 25.6 Å². The Morgan fingerprint density at radius 1 is 1.21 bits per heavy atom. The fraction of sp³-hybridized carbons (Fsp3) is 0.533. The number of anilines is 2. The van der Waals surface area contributed by atoms with Crippen molar-refractivity contribution in [2.75, 3.05) is 37.7 Å². The molecular formula is C30H40N6O2S. The zero-order valence-electron chi connectivity index (χ0n) is 23.7. The fourth-order valence-corrected chi connectivity index (χ4v) is 7.43. The van der Waals surface area contributed by atoms with Crippen LogP contribution >= 0.6 is 11.3 Å². The Morgan fingerprint density at radius 3 is 2.74 bits per heavy atom. The highest BCUT2D eigenvalue weighted by Gasteiger charge is 2.36. The summed E-state index contributed by atoms with van der Waals surface area (Å²) in [6, 6.07) is 7.99. The van der Waals surface area contributed by atoms with E-state index in [1.165, 1.54) is 15.9 Å². The summed E-state index contributed by atoms with van der Waals surface area (Å²) in [4.78, 5) is 39.9. The van der Waals surface area contributed by atoms with Crippen molar-refractivity contribution in [3.63, 3.8) is 0 Å². The Balaban J connectivity index is 1.37. The number of benzene rings is 1. The number of piperidine rings is 2. The molecule has 0 aliphatic carbocycles. The summed E-state index contributed by atoms with van der Waals surface area (Å²) in [7, 11) is 2.19. The number of likely N-dealkylation sites (tertiary alicyclic amines) is 2. The van der Waals surface area contributed by atoms with E-state index in [0.717, 1.165) is 49.0 Å². The van der Waals surface area contributed by atoms with Gasteiger partial charge < -0.3 is 20.9 Å². The fourth-order valence-electron chi connectivity index (χ4n) is 6.39. The van der Waals surface area contributed by atoms with E-state index in [1.807, 2.05) is 6.92 Å². The molecule has 8 nitrogen and oxygen atoms in total. The lowest BCUT2D eigenvalue weighted by molar-refractivity contribution is -0.146. The molecule has 3 N–H and O–H groups in total. The van der Waals surface area contributed by atoms with Crippen LogP contribution in [0.15, 0.2) is 30.5 Å². The van der Waals surface area contributed by atoms with E-state index in [2.05, 4.69) is 61.2 Å². The van der Waals surface area contributed by atoms with E-state index in [4.69, 9.17) is 10.7 Å². The number of hydrogen-bond acceptors (Lipinski definition) is 7. The number of hydrogen-bond donors (Lipinski definition) is 2. The van der Waals surface area contributed by atoms with Crippen LogP contribution in [-0.4, -0.2) is 58.3 Å². The summed E-state index contributed by atoms with van der Waals surface area (Å²) in [5, 5.41) is 3.93. The normalized spacial score (nSPS) is 23.6. The standard InChI is InChI=1S/C30H40N6O2S/c1-6-19-11-22(14-32-26(19)31)33-27(37)29(38)36-15-18(2)7-9-24(36)20-8-10-25-23(12-20)34-28(39-25)21-13-30(3,4)17-35(5)16-21/h8,10-12,14,18,21,24H,6-7,9,13,15-17H2,1-5H3,(H2,31,32)(H,33,37)/t18-,21?,24+/m0/s1. The van der Waals surface area contributed by atoms with E-state index in [1.54, 1.807) is 22.3 Å². The lowest BCUT2D eigenvalue weighted by Gasteiger charge is -2.40. The maximum atomic E-state index is 13.5. The van der Waals surface area contributed by atoms with Crippen molar-refractivity contribution < 1.29 is 9.59 Å². The number of fused-ring (bicyclic) bond motifs is 1. The molecule has 4 heterocycles. The van der Waals surface area contributed by atoms with Crippen molar-refractivity contribution >= 4 is 44.9 Å². The zero-order chi connectivity index (χ0) is 27.9. The van der Waals surface area contributed by atoms with Crippen LogP contribution in [-0.2, 0) is 16.0 Å². The molecule has 3 atom stereocenters. The van der Waals surface area contributed by atoms with Crippen LogP contribution in [0.3, 0.4) is 0 Å². The number of carbonyl (C=O) groups is 2. The molecule has 9 heteroatoms. The Bertz CT molecular complexity index is 1390. The first-order valence-electron chi connectivity index (χ1n) is 14.0. The van der Waals surface area contributed by atoms with Crippen molar-refractivity contribution in [2.45, 2.75) is 65.3 Å². The molecule has 2 aliphatic rings. The van der Waals surface area contributed by atoms with Crippen molar-refractivity contribution in [3.8, 4) is 0 Å². The molecule has 5 rings (SSSR count). The number of carbonyl (C=O) groups excluding carboxylic acids is 2. The van der Waals surface area contributed by atoms with Gasteiger partial charge in [-0.05, 0) is 73.4 Å². The molecule has 0 radical (unpaired) electrons. The highest BCUT2D eigenvalue weighted by atomic mass is 32.1. The van der Waals surface area contributed by atoms with Crippen LogP contribution in [0.1, 0.15) is 75.1 Å². The predicted octanol–water partition coefficient (Wildman–Crippen LogP) is 5.22. The first-order valence-corrected chi connectivity index (χ1v) is 14.8. The van der Waals surface area contributed by atoms with Gasteiger partial charge in [0.25, 0.3) is 0 Å². The molecule has 2 saturated heterocycles. The zero-order valence-corrected chi connectivity index (χ0v) is 24.5. The Labute approximate surface area is 235 Å². The minimum atomic E-state index is -0.649. The van der Waals surface area contributed by atoms with Gasteiger partial charge in [-0.3, -0.25) is 9.59 Å². The van der Waals surface area contributed by atoms with E-state index >= 15 is 0 Å². The number of nitrogens with zero attached hydrogens (tertiary/aromatic N) is 4. The number of nitrogen functional groups attached to an aromatic ring is 1. The van der Waals surface area contributed by atoms with Gasteiger partial charge in [0.15, 0.2) is 0 Å². The maximum Gasteiger partial charge on any atom is 0.313 e. The predicted molar refractivity (Wildman–Crippen MR) is 158 cm³/mol. The second-order valence-corrected chi connectivity index (χ2v) is 13.3. The molecule has 208 valence electrons. The van der Waals surface area contributed by atoms with Gasteiger partial charge in [0.1, 0.15) is 5.82 Å². The minimum Gasteiger partial charge on any atom is -0.383 e. The Morgan fingerprint density at radius 2 is 2.00 bits per heavy atom. The largest absolute Gasteiger partial charge is 0.383 e. The average molecular weight is 549 g/mol. The number of thiazole rings is 1. The smallest absolute Gasteiger partial charge is 0.313 e. The van der Waals surface area contributed by atoms with Gasteiger partial charge in [-0.25, -0.2) is 9.97 Å². The third kappa shape index (κ3) is 5.94. The lowest BCUT2D eigenvalue weighted by atomic mass is 9.79. The molecule has 1 unspecified atom stereocenters. The molecule has 2 fully saturated rings. The third-order valence-corrected chi connectivity index (χ3v) is 9.30. The second-order valence-electron chi connectivity index (χ2n) is 12.3. The third-order valence-electron chi connectivity index (χ3n) is 8.10. The van der Waals surface area contributed by atoms with Gasteiger partial charge in [0.2, 0.25) is 0 Å². The number of nitrogens with two attached hydrogens (primary N) is 1. The summed E-state index contributed by atoms with van der Waals surface area (Å²) in [6.45, 7) is 11.4. The van der Waals surface area contributed by atoms with Crippen LogP contribution in [0.4, 0.5) is 11.5 Å². The number of nitrogens with one attached hydrogen (secondary N) is 1. The van der Waals surface area contributed by atoms with E-state index < -0.39 is 11.8 Å². The van der Waals surface area contributed by atoms with Gasteiger partial charge >= 0.3 is 11.8 Å². The van der Waals surface area contributed by atoms with Crippen molar-refractivity contribution in [1.29, 1.82) is 0 Å². The van der Waals surface area contributed by atoms with Crippen LogP contribution in [0.25, 0.3) is 10.2 Å². The first-order chi connectivity index (χ1) is 18.5. The number of rotatable bonds is 4. The summed E-state index contributed by atoms with van der Waals surface area (Å²) >= 11 is 1.78. The van der Waals surface area contributed by atoms with Crippen LogP contribution in [0.2, 0.25) is 0 Å². The molecular weight excluding hydrogens is 508 g/mol. The minimum absolute atomic E-state index is 0.163. The summed E-state index contributed by atoms with van der Waals surface area (Å²) in [5.41, 5.74) is 9.50. The number of amides is 2.